The van der Waals surface area contributed by atoms with Crippen LogP contribution < -0.4 is 5.73 Å². The lowest BCUT2D eigenvalue weighted by Gasteiger charge is -2.17. The van der Waals surface area contributed by atoms with Gasteiger partial charge in [0.2, 0.25) is 0 Å². The molecule has 23 heavy (non-hydrogen) atoms. The van der Waals surface area contributed by atoms with Crippen LogP contribution in [0.15, 0.2) is 66.7 Å². The molecule has 0 aromatic heterocycles. The monoisotopic (exact) mass is 300 g/mol. The first-order valence-corrected chi connectivity index (χ1v) is 7.69. The fraction of sp³-hybridized carbons (Fsp3) is 0.0952. The van der Waals surface area contributed by atoms with Crippen molar-refractivity contribution in [3.8, 4) is 22.3 Å². The minimum Gasteiger partial charge on any atom is -0.384 e. The Kier molecular flexibility index (Phi) is 3.98. The Bertz CT molecular complexity index is 864. The second-order valence-electron chi connectivity index (χ2n) is 5.76. The van der Waals surface area contributed by atoms with Gasteiger partial charge in [0.25, 0.3) is 0 Å². The molecule has 114 valence electrons. The van der Waals surface area contributed by atoms with Crippen molar-refractivity contribution in [2.24, 2.45) is 5.73 Å². The summed E-state index contributed by atoms with van der Waals surface area (Å²) >= 11 is 0. The molecule has 3 N–H and O–H groups in total. The van der Waals surface area contributed by atoms with Gasteiger partial charge < -0.3 is 5.73 Å². The molecular weight excluding hydrogens is 280 g/mol. The largest absolute Gasteiger partial charge is 0.384 e. The van der Waals surface area contributed by atoms with Gasteiger partial charge >= 0.3 is 0 Å². The van der Waals surface area contributed by atoms with Crippen molar-refractivity contribution >= 4 is 5.84 Å². The number of nitrogen functional groups attached to an aromatic ring is 1. The zero-order valence-corrected chi connectivity index (χ0v) is 13.4. The summed E-state index contributed by atoms with van der Waals surface area (Å²) in [7, 11) is 0. The molecule has 2 heteroatoms. The van der Waals surface area contributed by atoms with Gasteiger partial charge in [-0.05, 0) is 41.7 Å². The van der Waals surface area contributed by atoms with Crippen molar-refractivity contribution in [1.29, 1.82) is 5.41 Å². The summed E-state index contributed by atoms with van der Waals surface area (Å²) in [5, 5.41) is 7.99. The fourth-order valence-electron chi connectivity index (χ4n) is 2.95. The Morgan fingerprint density at radius 2 is 1.43 bits per heavy atom. The number of hydrogen-bond acceptors (Lipinski definition) is 1. The van der Waals surface area contributed by atoms with Crippen molar-refractivity contribution in [1.82, 2.24) is 0 Å². The van der Waals surface area contributed by atoms with E-state index >= 15 is 0 Å². The number of benzene rings is 3. The van der Waals surface area contributed by atoms with E-state index in [0.29, 0.717) is 0 Å². The molecule has 3 aromatic rings. The van der Waals surface area contributed by atoms with Crippen LogP contribution in [0.5, 0.6) is 0 Å². The average Bonchev–Trinajstić information content (AvgIpc) is 2.57. The zero-order valence-electron chi connectivity index (χ0n) is 13.4. The van der Waals surface area contributed by atoms with Crippen LogP contribution >= 0.6 is 0 Å². The maximum absolute atomic E-state index is 7.99. The molecule has 0 saturated carbocycles. The summed E-state index contributed by atoms with van der Waals surface area (Å²) in [6.07, 6.45) is 0. The smallest absolute Gasteiger partial charge is 0.123 e. The highest BCUT2D eigenvalue weighted by atomic mass is 14.7. The van der Waals surface area contributed by atoms with Gasteiger partial charge in [-0.25, -0.2) is 0 Å². The predicted molar refractivity (Wildman–Crippen MR) is 97.8 cm³/mol. The van der Waals surface area contributed by atoms with E-state index in [9.17, 15) is 0 Å². The van der Waals surface area contributed by atoms with Crippen molar-refractivity contribution in [2.45, 2.75) is 13.8 Å². The minimum absolute atomic E-state index is 0.0960. The van der Waals surface area contributed by atoms with Gasteiger partial charge in [-0.15, -0.1) is 0 Å². The summed E-state index contributed by atoms with van der Waals surface area (Å²) in [4.78, 5) is 0. The van der Waals surface area contributed by atoms with Gasteiger partial charge in [-0.3, -0.25) is 5.41 Å². The van der Waals surface area contributed by atoms with E-state index in [0.717, 1.165) is 27.8 Å². The molecule has 0 amide bonds. The Morgan fingerprint density at radius 3 is 2.13 bits per heavy atom. The molecule has 0 spiro atoms. The molecule has 0 fully saturated rings. The number of nitrogens with one attached hydrogen (secondary N) is 1. The van der Waals surface area contributed by atoms with Crippen molar-refractivity contribution in [3.63, 3.8) is 0 Å². The van der Waals surface area contributed by atoms with Crippen LogP contribution in [0.3, 0.4) is 0 Å². The molecule has 0 atom stereocenters. The second kappa shape index (κ2) is 6.09. The molecule has 0 radical (unpaired) electrons. The summed E-state index contributed by atoms with van der Waals surface area (Å²) < 4.78 is 0. The van der Waals surface area contributed by atoms with Crippen LogP contribution in [0.4, 0.5) is 0 Å². The number of aryl methyl sites for hydroxylation is 1. The average molecular weight is 300 g/mol. The molecule has 3 aromatic carbocycles. The van der Waals surface area contributed by atoms with E-state index in [-0.39, 0.29) is 5.84 Å². The third-order valence-electron chi connectivity index (χ3n) is 4.31. The van der Waals surface area contributed by atoms with E-state index in [2.05, 4.69) is 50.2 Å². The van der Waals surface area contributed by atoms with Gasteiger partial charge in [0, 0.05) is 11.1 Å². The molecule has 0 saturated heterocycles. The Balaban J connectivity index is 2.37. The Hall–Kier alpha value is -2.87. The third-order valence-corrected chi connectivity index (χ3v) is 4.31. The summed E-state index contributed by atoms with van der Waals surface area (Å²) in [6, 6.07) is 22.5. The maximum atomic E-state index is 7.99. The summed E-state index contributed by atoms with van der Waals surface area (Å²) in [5.41, 5.74) is 13.5. The fourth-order valence-corrected chi connectivity index (χ4v) is 2.95. The zero-order chi connectivity index (χ0) is 16.4. The van der Waals surface area contributed by atoms with Gasteiger partial charge in [-0.1, -0.05) is 66.7 Å². The van der Waals surface area contributed by atoms with Crippen LogP contribution in [0.1, 0.15) is 16.7 Å². The topological polar surface area (TPSA) is 49.9 Å². The second-order valence-corrected chi connectivity index (χ2v) is 5.76. The lowest BCUT2D eigenvalue weighted by atomic mass is 9.87. The first-order chi connectivity index (χ1) is 11.1. The first-order valence-electron chi connectivity index (χ1n) is 7.69. The van der Waals surface area contributed by atoms with Gasteiger partial charge in [0.15, 0.2) is 0 Å². The molecule has 0 bridgehead atoms. The molecule has 0 aliphatic heterocycles. The van der Waals surface area contributed by atoms with Crippen LogP contribution in [-0.4, -0.2) is 5.84 Å². The van der Waals surface area contributed by atoms with E-state index in [1.807, 2.05) is 30.3 Å². The number of amidine groups is 1. The molecule has 3 rings (SSSR count). The highest BCUT2D eigenvalue weighted by Crippen LogP contribution is 2.37. The predicted octanol–water partition coefficient (Wildman–Crippen LogP) is 4.92. The maximum Gasteiger partial charge on any atom is 0.123 e. The van der Waals surface area contributed by atoms with Crippen LogP contribution in [0.2, 0.25) is 0 Å². The highest BCUT2D eigenvalue weighted by Gasteiger charge is 2.16. The number of rotatable bonds is 3. The van der Waals surface area contributed by atoms with Crippen LogP contribution in [0.25, 0.3) is 22.3 Å². The first kappa shape index (κ1) is 15.0. The van der Waals surface area contributed by atoms with Gasteiger partial charge in [-0.2, -0.15) is 0 Å². The summed E-state index contributed by atoms with van der Waals surface area (Å²) in [5.74, 6) is 0.0960. The number of hydrogen-bond donors (Lipinski definition) is 2. The Morgan fingerprint density at radius 1 is 0.783 bits per heavy atom. The van der Waals surface area contributed by atoms with Crippen molar-refractivity contribution in [2.75, 3.05) is 0 Å². The van der Waals surface area contributed by atoms with E-state index in [1.165, 1.54) is 11.1 Å². The lowest BCUT2D eigenvalue weighted by molar-refractivity contribution is 1.33. The SMILES string of the molecule is Cc1cccc(-c2c(C(=N)N)cccc2-c2ccccc2)c1C. The minimum atomic E-state index is 0.0960. The molecule has 0 aliphatic carbocycles. The van der Waals surface area contributed by atoms with Gasteiger partial charge in [0.05, 0.1) is 0 Å². The molecular formula is C21H20N2. The van der Waals surface area contributed by atoms with E-state index < -0.39 is 0 Å². The van der Waals surface area contributed by atoms with E-state index in [4.69, 9.17) is 11.1 Å². The van der Waals surface area contributed by atoms with Crippen LogP contribution in [0, 0.1) is 19.3 Å². The Labute approximate surface area is 137 Å². The third kappa shape index (κ3) is 2.76. The normalized spacial score (nSPS) is 10.5. The summed E-state index contributed by atoms with van der Waals surface area (Å²) in [6.45, 7) is 4.23. The lowest BCUT2D eigenvalue weighted by Crippen LogP contribution is -2.13. The molecule has 0 aliphatic rings. The number of nitrogens with two attached hydrogens (primary N) is 1. The molecule has 0 unspecified atom stereocenters. The molecule has 0 heterocycles. The quantitative estimate of drug-likeness (QED) is 0.523. The van der Waals surface area contributed by atoms with Crippen LogP contribution in [-0.2, 0) is 0 Å². The standard InChI is InChI=1S/C21H20N2/c1-14-8-6-11-17(15(14)2)20-18(16-9-4-3-5-10-16)12-7-13-19(20)21(22)23/h3-13H,1-2H3,(H3,22,23). The van der Waals surface area contributed by atoms with Crippen molar-refractivity contribution < 1.29 is 0 Å². The van der Waals surface area contributed by atoms with E-state index in [1.54, 1.807) is 0 Å². The van der Waals surface area contributed by atoms with Gasteiger partial charge in [0.1, 0.15) is 5.84 Å². The van der Waals surface area contributed by atoms with Crippen molar-refractivity contribution in [3.05, 3.63) is 83.4 Å². The highest BCUT2D eigenvalue weighted by molar-refractivity contribution is 6.05. The molecule has 2 nitrogen and oxygen atoms in total.